The number of pyridine rings is 2. The second-order valence-corrected chi connectivity index (χ2v) is 3.23. The Labute approximate surface area is 143 Å². The van der Waals surface area contributed by atoms with Gasteiger partial charge in [-0.2, -0.15) is 5.26 Å². The molecule has 0 aliphatic heterocycles. The molecule has 0 saturated heterocycles. The van der Waals surface area contributed by atoms with Crippen LogP contribution in [-0.4, -0.2) is 17.0 Å². The number of nitrogens with one attached hydrogen (secondary N) is 1. The van der Waals surface area contributed by atoms with Gasteiger partial charge in [-0.1, -0.05) is 42.5 Å². The van der Waals surface area contributed by atoms with Gasteiger partial charge in [0.05, 0.1) is 11.6 Å². The Balaban J connectivity index is -0.000000121. The van der Waals surface area contributed by atoms with E-state index in [0.29, 0.717) is 5.56 Å². The summed E-state index contributed by atoms with van der Waals surface area (Å²) in [6.45, 7) is 8.92. The average Bonchev–Trinajstić information content (AvgIpc) is 2.61. The molecule has 2 aromatic rings. The van der Waals surface area contributed by atoms with Crippen LogP contribution < -0.4 is 5.32 Å². The van der Waals surface area contributed by atoms with Gasteiger partial charge in [0, 0.05) is 31.3 Å². The molecule has 0 atom stereocenters. The first-order valence-corrected chi connectivity index (χ1v) is 7.20. The van der Waals surface area contributed by atoms with Gasteiger partial charge in [-0.05, 0) is 36.9 Å². The molecule has 130 valence electrons. The van der Waals surface area contributed by atoms with Crippen molar-refractivity contribution < 1.29 is 0 Å². The summed E-state index contributed by atoms with van der Waals surface area (Å²) in [4.78, 5) is 7.64. The smallest absolute Gasteiger partial charge is 0.0992 e. The highest BCUT2D eigenvalue weighted by Gasteiger charge is 1.84. The van der Waals surface area contributed by atoms with Crippen molar-refractivity contribution in [2.24, 2.45) is 0 Å². The van der Waals surface area contributed by atoms with Gasteiger partial charge in [0.25, 0.3) is 0 Å². The summed E-state index contributed by atoms with van der Waals surface area (Å²) in [6, 6.07) is 9.31. The van der Waals surface area contributed by atoms with Crippen LogP contribution in [0.3, 0.4) is 0 Å². The van der Waals surface area contributed by atoms with Crippen molar-refractivity contribution in [3.63, 3.8) is 0 Å². The summed E-state index contributed by atoms with van der Waals surface area (Å²) >= 11 is 0. The second-order valence-electron chi connectivity index (χ2n) is 3.23. The monoisotopic (exact) mass is 318 g/mol. The predicted molar refractivity (Wildman–Crippen MR) is 102 cm³/mol. The van der Waals surface area contributed by atoms with Gasteiger partial charge in [0.2, 0.25) is 0 Å². The number of nitrogens with zero attached hydrogens (tertiary/aromatic N) is 3. The molecule has 23 heavy (non-hydrogen) atoms. The molecule has 0 bridgehead atoms. The lowest BCUT2D eigenvalue weighted by molar-refractivity contribution is 0.816. The summed E-state index contributed by atoms with van der Waals surface area (Å²) < 4.78 is 0. The molecular formula is C19H34N4. The van der Waals surface area contributed by atoms with Crippen LogP contribution >= 0.6 is 0 Å². The fourth-order valence-electron chi connectivity index (χ4n) is 1.13. The van der Waals surface area contributed by atoms with Gasteiger partial charge in [-0.3, -0.25) is 9.97 Å². The van der Waals surface area contributed by atoms with Crippen molar-refractivity contribution in [2.45, 2.75) is 49.1 Å². The Morgan fingerprint density at radius 1 is 0.870 bits per heavy atom. The topological polar surface area (TPSA) is 61.6 Å². The third kappa shape index (κ3) is 17.7. The van der Waals surface area contributed by atoms with Crippen molar-refractivity contribution in [3.8, 4) is 6.07 Å². The van der Waals surface area contributed by atoms with Gasteiger partial charge in [-0.25, -0.2) is 0 Å². The van der Waals surface area contributed by atoms with E-state index in [-0.39, 0.29) is 14.9 Å². The van der Waals surface area contributed by atoms with E-state index in [4.69, 9.17) is 5.26 Å². The van der Waals surface area contributed by atoms with Gasteiger partial charge >= 0.3 is 0 Å². The summed E-state index contributed by atoms with van der Waals surface area (Å²) in [5.41, 5.74) is 1.92. The molecule has 0 saturated carbocycles. The average molecular weight is 319 g/mol. The van der Waals surface area contributed by atoms with Crippen molar-refractivity contribution in [3.05, 3.63) is 60.2 Å². The maximum Gasteiger partial charge on any atom is 0.0992 e. The van der Waals surface area contributed by atoms with Crippen LogP contribution in [0.25, 0.3) is 0 Å². The lowest BCUT2D eigenvalue weighted by Crippen LogP contribution is -2.04. The zero-order valence-corrected chi connectivity index (χ0v) is 13.7. The fraction of sp³-hybridized carbons (Fsp3) is 0.421. The lowest BCUT2D eigenvalue weighted by Gasteiger charge is -1.95. The fourth-order valence-corrected chi connectivity index (χ4v) is 1.13. The third-order valence-electron chi connectivity index (χ3n) is 1.94. The van der Waals surface area contributed by atoms with Crippen molar-refractivity contribution >= 4 is 0 Å². The summed E-state index contributed by atoms with van der Waals surface area (Å²) in [6.07, 6.45) is 6.79. The quantitative estimate of drug-likeness (QED) is 0.839. The molecular weight excluding hydrogens is 284 g/mol. The highest BCUT2D eigenvalue weighted by Crippen LogP contribution is 1.93. The molecule has 0 aliphatic rings. The van der Waals surface area contributed by atoms with E-state index in [2.05, 4.69) is 15.3 Å². The zero-order chi connectivity index (χ0) is 16.3. The Kier molecular flexibility index (Phi) is 31.0. The zero-order valence-electron chi connectivity index (χ0n) is 13.7. The maximum absolute atomic E-state index is 8.26. The molecule has 0 aliphatic carbocycles. The van der Waals surface area contributed by atoms with E-state index < -0.39 is 0 Å². The summed E-state index contributed by atoms with van der Waals surface area (Å²) in [5.74, 6) is 0. The minimum atomic E-state index is 0. The number of hydrogen-bond donors (Lipinski definition) is 1. The standard InChI is InChI=1S/C7H10N2.C6H4N2.2C2H6.2CH4/c1-8-6-7-2-4-9-5-3-7;7-5-6-1-3-8-4-2-6;2*1-2;;/h2-5,8H,6H2,1H3;1-4H;2*1-2H3;2*1H4. The van der Waals surface area contributed by atoms with E-state index in [1.54, 1.807) is 36.9 Å². The third-order valence-corrected chi connectivity index (χ3v) is 1.94. The Morgan fingerprint density at radius 3 is 1.57 bits per heavy atom. The molecule has 0 fully saturated rings. The molecule has 0 unspecified atom stereocenters. The molecule has 2 aromatic heterocycles. The van der Waals surface area contributed by atoms with Gasteiger partial charge in [0.15, 0.2) is 0 Å². The molecule has 0 radical (unpaired) electrons. The Hall–Kier alpha value is -2.25. The number of hydrogen-bond acceptors (Lipinski definition) is 4. The molecule has 4 nitrogen and oxygen atoms in total. The van der Waals surface area contributed by atoms with Gasteiger partial charge in [-0.15, -0.1) is 0 Å². The molecule has 2 heterocycles. The molecule has 0 spiro atoms. The molecule has 1 N–H and O–H groups in total. The SMILES string of the molecule is C.C.CC.CC.CNCc1ccncc1.N#Cc1ccncc1. The van der Waals surface area contributed by atoms with Crippen molar-refractivity contribution in [2.75, 3.05) is 7.05 Å². The highest BCUT2D eigenvalue weighted by molar-refractivity contribution is 5.24. The first-order chi connectivity index (χ1) is 10.4. The maximum atomic E-state index is 8.26. The largest absolute Gasteiger partial charge is 0.316 e. The van der Waals surface area contributed by atoms with E-state index in [1.807, 2.05) is 52.9 Å². The van der Waals surface area contributed by atoms with Crippen LogP contribution in [0.4, 0.5) is 0 Å². The number of rotatable bonds is 2. The van der Waals surface area contributed by atoms with Crippen LogP contribution in [-0.2, 0) is 6.54 Å². The Bertz CT molecular complexity index is 450. The Morgan fingerprint density at radius 2 is 1.26 bits per heavy atom. The van der Waals surface area contributed by atoms with E-state index in [1.165, 1.54) is 5.56 Å². The summed E-state index contributed by atoms with van der Waals surface area (Å²) in [5, 5.41) is 11.3. The van der Waals surface area contributed by atoms with Crippen LogP contribution in [0.1, 0.15) is 53.7 Å². The highest BCUT2D eigenvalue weighted by atomic mass is 14.8. The van der Waals surface area contributed by atoms with Crippen LogP contribution in [0.5, 0.6) is 0 Å². The number of nitriles is 1. The molecule has 4 heteroatoms. The van der Waals surface area contributed by atoms with E-state index in [0.717, 1.165) is 6.54 Å². The van der Waals surface area contributed by atoms with Gasteiger partial charge in [0.1, 0.15) is 0 Å². The van der Waals surface area contributed by atoms with E-state index >= 15 is 0 Å². The lowest BCUT2D eigenvalue weighted by atomic mass is 10.3. The number of aromatic nitrogens is 2. The van der Waals surface area contributed by atoms with Crippen LogP contribution in [0.15, 0.2) is 49.1 Å². The first-order valence-electron chi connectivity index (χ1n) is 7.20. The van der Waals surface area contributed by atoms with Crippen LogP contribution in [0.2, 0.25) is 0 Å². The van der Waals surface area contributed by atoms with Gasteiger partial charge < -0.3 is 5.32 Å². The minimum Gasteiger partial charge on any atom is -0.316 e. The van der Waals surface area contributed by atoms with Crippen LogP contribution in [0, 0.1) is 11.3 Å². The van der Waals surface area contributed by atoms with E-state index in [9.17, 15) is 0 Å². The summed E-state index contributed by atoms with van der Waals surface area (Å²) in [7, 11) is 1.93. The normalized spacial score (nSPS) is 6.96. The second kappa shape index (κ2) is 24.7. The molecule has 0 aromatic carbocycles. The first kappa shape index (κ1) is 28.8. The molecule has 2 rings (SSSR count). The van der Waals surface area contributed by atoms with Crippen molar-refractivity contribution in [1.82, 2.24) is 15.3 Å². The molecule has 0 amide bonds. The predicted octanol–water partition coefficient (Wildman–Crippen LogP) is 5.08. The van der Waals surface area contributed by atoms with Crippen molar-refractivity contribution in [1.29, 1.82) is 5.26 Å². The minimum absolute atomic E-state index is 0.